The van der Waals surface area contributed by atoms with Crippen molar-refractivity contribution in [1.82, 2.24) is 0 Å². The first-order chi connectivity index (χ1) is 9.13. The van der Waals surface area contributed by atoms with Gasteiger partial charge in [0.1, 0.15) is 5.82 Å². The molecule has 1 aromatic rings. The Morgan fingerprint density at radius 1 is 1.26 bits per heavy atom. The zero-order valence-electron chi connectivity index (χ0n) is 11.1. The Morgan fingerprint density at radius 2 is 1.95 bits per heavy atom. The maximum absolute atomic E-state index is 12.9. The summed E-state index contributed by atoms with van der Waals surface area (Å²) < 4.78 is 12.9. The van der Waals surface area contributed by atoms with Crippen LogP contribution in [-0.2, 0) is 4.79 Å². The van der Waals surface area contributed by atoms with Crippen LogP contribution in [0.2, 0.25) is 0 Å². The van der Waals surface area contributed by atoms with Gasteiger partial charge in [-0.15, -0.1) is 0 Å². The first kappa shape index (κ1) is 15.2. The van der Waals surface area contributed by atoms with Gasteiger partial charge in [-0.25, -0.2) is 9.18 Å². The normalized spacial score (nSPS) is 12.0. The fourth-order valence-electron chi connectivity index (χ4n) is 1.80. The average Bonchev–Trinajstić information content (AvgIpc) is 2.38. The molecule has 0 bridgehead atoms. The SMILES string of the molecule is CCCCCC(=CC=CC(=O)O)c1ccc(F)cc1. The van der Waals surface area contributed by atoms with E-state index in [0.29, 0.717) is 0 Å². The predicted molar refractivity (Wildman–Crippen MR) is 75.3 cm³/mol. The molecule has 0 saturated heterocycles. The lowest BCUT2D eigenvalue weighted by atomic mass is 9.99. The number of carboxylic acids is 1. The van der Waals surface area contributed by atoms with Crippen LogP contribution < -0.4 is 0 Å². The summed E-state index contributed by atoms with van der Waals surface area (Å²) in [6.07, 6.45) is 8.57. The van der Waals surface area contributed by atoms with E-state index in [1.165, 1.54) is 18.2 Å². The molecule has 0 heterocycles. The average molecular weight is 262 g/mol. The van der Waals surface area contributed by atoms with E-state index < -0.39 is 5.97 Å². The highest BCUT2D eigenvalue weighted by Gasteiger charge is 2.01. The van der Waals surface area contributed by atoms with Gasteiger partial charge < -0.3 is 5.11 Å². The summed E-state index contributed by atoms with van der Waals surface area (Å²) in [6, 6.07) is 6.29. The Labute approximate surface area is 113 Å². The number of aliphatic carboxylic acids is 1. The molecule has 0 aliphatic rings. The second-order valence-electron chi connectivity index (χ2n) is 4.35. The number of carboxylic acid groups (broad SMARTS) is 1. The monoisotopic (exact) mass is 262 g/mol. The minimum atomic E-state index is -0.969. The predicted octanol–water partition coefficient (Wildman–Crippen LogP) is 4.43. The third-order valence-electron chi connectivity index (χ3n) is 2.80. The van der Waals surface area contributed by atoms with Crippen molar-refractivity contribution in [2.45, 2.75) is 32.6 Å². The van der Waals surface area contributed by atoms with Crippen molar-refractivity contribution in [3.8, 4) is 0 Å². The fourth-order valence-corrected chi connectivity index (χ4v) is 1.80. The van der Waals surface area contributed by atoms with E-state index in [9.17, 15) is 9.18 Å². The number of carbonyl (C=O) groups is 1. The van der Waals surface area contributed by atoms with Crippen LogP contribution in [-0.4, -0.2) is 11.1 Å². The van der Waals surface area contributed by atoms with Crippen LogP contribution in [0.25, 0.3) is 5.57 Å². The van der Waals surface area contributed by atoms with Crippen molar-refractivity contribution < 1.29 is 14.3 Å². The smallest absolute Gasteiger partial charge is 0.328 e. The fraction of sp³-hybridized carbons (Fsp3) is 0.312. The molecule has 0 amide bonds. The topological polar surface area (TPSA) is 37.3 Å². The van der Waals surface area contributed by atoms with Crippen molar-refractivity contribution >= 4 is 11.5 Å². The third-order valence-corrected chi connectivity index (χ3v) is 2.80. The van der Waals surface area contributed by atoms with Crippen molar-refractivity contribution in [2.75, 3.05) is 0 Å². The summed E-state index contributed by atoms with van der Waals surface area (Å²) >= 11 is 0. The quantitative estimate of drug-likeness (QED) is 0.448. The molecule has 0 aliphatic carbocycles. The second kappa shape index (κ2) is 8.25. The summed E-state index contributed by atoms with van der Waals surface area (Å²) in [6.45, 7) is 2.13. The van der Waals surface area contributed by atoms with Gasteiger partial charge in [0.2, 0.25) is 0 Å². The van der Waals surface area contributed by atoms with Crippen LogP contribution in [0.1, 0.15) is 38.2 Å². The Hall–Kier alpha value is -1.90. The van der Waals surface area contributed by atoms with Gasteiger partial charge in [0.15, 0.2) is 0 Å². The van der Waals surface area contributed by atoms with E-state index in [1.54, 1.807) is 18.2 Å². The van der Waals surface area contributed by atoms with Crippen molar-refractivity contribution in [3.05, 3.63) is 53.9 Å². The van der Waals surface area contributed by atoms with Crippen LogP contribution in [0.5, 0.6) is 0 Å². The zero-order valence-corrected chi connectivity index (χ0v) is 11.1. The first-order valence-corrected chi connectivity index (χ1v) is 6.49. The van der Waals surface area contributed by atoms with Crippen LogP contribution >= 0.6 is 0 Å². The summed E-state index contributed by atoms with van der Waals surface area (Å²) in [5.41, 5.74) is 1.97. The van der Waals surface area contributed by atoms with Gasteiger partial charge in [0, 0.05) is 6.08 Å². The molecule has 0 atom stereocenters. The molecular formula is C16H19FO2. The Bertz CT molecular complexity index is 458. The molecule has 0 fully saturated rings. The number of allylic oxidation sites excluding steroid dienone is 3. The number of hydrogen-bond acceptors (Lipinski definition) is 1. The molecule has 0 spiro atoms. The zero-order chi connectivity index (χ0) is 14.1. The summed E-state index contributed by atoms with van der Waals surface area (Å²) in [4.78, 5) is 10.5. The highest BCUT2D eigenvalue weighted by molar-refractivity contribution is 5.80. The summed E-state index contributed by atoms with van der Waals surface area (Å²) in [7, 11) is 0. The van der Waals surface area contributed by atoms with Gasteiger partial charge in [-0.05, 0) is 36.1 Å². The van der Waals surface area contributed by atoms with Gasteiger partial charge in [-0.3, -0.25) is 0 Å². The van der Waals surface area contributed by atoms with E-state index in [2.05, 4.69) is 6.92 Å². The molecule has 19 heavy (non-hydrogen) atoms. The molecule has 0 aliphatic heterocycles. The molecule has 102 valence electrons. The molecule has 0 radical (unpaired) electrons. The van der Waals surface area contributed by atoms with Crippen LogP contribution in [0.3, 0.4) is 0 Å². The lowest BCUT2D eigenvalue weighted by molar-refractivity contribution is -0.131. The second-order valence-corrected chi connectivity index (χ2v) is 4.35. The number of benzene rings is 1. The number of hydrogen-bond donors (Lipinski definition) is 1. The van der Waals surface area contributed by atoms with Gasteiger partial charge in [0.05, 0.1) is 0 Å². The molecule has 1 rings (SSSR count). The molecule has 3 heteroatoms. The molecule has 0 saturated carbocycles. The number of unbranched alkanes of at least 4 members (excludes halogenated alkanes) is 2. The van der Waals surface area contributed by atoms with Gasteiger partial charge in [-0.2, -0.15) is 0 Å². The van der Waals surface area contributed by atoms with Crippen LogP contribution in [0.15, 0.2) is 42.5 Å². The van der Waals surface area contributed by atoms with E-state index in [4.69, 9.17) is 5.11 Å². The molecule has 1 N–H and O–H groups in total. The summed E-state index contributed by atoms with van der Waals surface area (Å²) in [5.74, 6) is -1.24. The number of halogens is 1. The number of rotatable bonds is 7. The first-order valence-electron chi connectivity index (χ1n) is 6.49. The highest BCUT2D eigenvalue weighted by Crippen LogP contribution is 2.21. The lowest BCUT2D eigenvalue weighted by Gasteiger charge is -2.07. The maximum atomic E-state index is 12.9. The molecule has 0 aromatic heterocycles. The molecule has 0 unspecified atom stereocenters. The summed E-state index contributed by atoms with van der Waals surface area (Å²) in [5, 5.41) is 8.58. The van der Waals surface area contributed by atoms with Crippen molar-refractivity contribution in [3.63, 3.8) is 0 Å². The Morgan fingerprint density at radius 3 is 2.53 bits per heavy atom. The molecule has 2 nitrogen and oxygen atoms in total. The van der Waals surface area contributed by atoms with E-state index in [1.807, 2.05) is 0 Å². The van der Waals surface area contributed by atoms with E-state index >= 15 is 0 Å². The van der Waals surface area contributed by atoms with Crippen molar-refractivity contribution in [1.29, 1.82) is 0 Å². The van der Waals surface area contributed by atoms with E-state index in [-0.39, 0.29) is 5.82 Å². The minimum absolute atomic E-state index is 0.266. The largest absolute Gasteiger partial charge is 0.478 e. The lowest BCUT2D eigenvalue weighted by Crippen LogP contribution is -1.88. The van der Waals surface area contributed by atoms with Gasteiger partial charge in [0.25, 0.3) is 0 Å². The third kappa shape index (κ3) is 6.00. The Balaban J connectivity index is 2.84. The minimum Gasteiger partial charge on any atom is -0.478 e. The maximum Gasteiger partial charge on any atom is 0.328 e. The Kier molecular flexibility index (Phi) is 6.58. The van der Waals surface area contributed by atoms with Crippen LogP contribution in [0, 0.1) is 5.82 Å². The standard InChI is InChI=1S/C16H19FO2/c1-2-3-4-6-13(7-5-8-16(18)19)14-9-11-15(17)12-10-14/h5,7-12H,2-4,6H2,1H3,(H,18,19). The van der Waals surface area contributed by atoms with Crippen LogP contribution in [0.4, 0.5) is 4.39 Å². The molecular weight excluding hydrogens is 243 g/mol. The highest BCUT2D eigenvalue weighted by atomic mass is 19.1. The van der Waals surface area contributed by atoms with Crippen molar-refractivity contribution in [2.24, 2.45) is 0 Å². The molecule has 1 aromatic carbocycles. The van der Waals surface area contributed by atoms with Gasteiger partial charge in [-0.1, -0.05) is 44.1 Å². The van der Waals surface area contributed by atoms with E-state index in [0.717, 1.165) is 42.9 Å². The van der Waals surface area contributed by atoms with Gasteiger partial charge >= 0.3 is 5.97 Å².